The van der Waals surface area contributed by atoms with Crippen LogP contribution >= 0.6 is 0 Å². The highest BCUT2D eigenvalue weighted by molar-refractivity contribution is 7.86. The third-order valence-corrected chi connectivity index (χ3v) is 7.05. The molecule has 0 unspecified atom stereocenters. The normalized spacial score (nSPS) is 13.4. The molecule has 4 N–H and O–H groups in total. The monoisotopic (exact) mass is 488 g/mol. The number of aryl methyl sites for hydroxylation is 2. The Bertz CT molecular complexity index is 1520. The lowest BCUT2D eigenvalue weighted by Crippen LogP contribution is -2.00. The van der Waals surface area contributed by atoms with E-state index in [2.05, 4.69) is 10.2 Å². The van der Waals surface area contributed by atoms with Crippen molar-refractivity contribution in [3.63, 3.8) is 0 Å². The Morgan fingerprint density at radius 1 is 0.909 bits per heavy atom. The SMILES string of the molecule is CCc1cc(/N=N/c2ccc3c(c2S(=O)(=O)O)N3c2ccc(S(=O)(=O)O)cc2)c(C)cc1N. The van der Waals surface area contributed by atoms with Gasteiger partial charge in [-0.25, -0.2) is 0 Å². The predicted octanol–water partition coefficient (Wildman–Crippen LogP) is 4.83. The molecule has 0 amide bonds. The quantitative estimate of drug-likeness (QED) is 0.150. The van der Waals surface area contributed by atoms with Crippen LogP contribution in [0.15, 0.2) is 68.6 Å². The Morgan fingerprint density at radius 3 is 2.12 bits per heavy atom. The second-order valence-corrected chi connectivity index (χ2v) is 10.2. The first kappa shape index (κ1) is 22.9. The van der Waals surface area contributed by atoms with Crippen molar-refractivity contribution >= 4 is 54.4 Å². The van der Waals surface area contributed by atoms with Gasteiger partial charge in [-0.15, -0.1) is 5.11 Å². The number of hydrogen-bond donors (Lipinski definition) is 3. The van der Waals surface area contributed by atoms with Crippen molar-refractivity contribution in [2.45, 2.75) is 30.1 Å². The predicted molar refractivity (Wildman–Crippen MR) is 123 cm³/mol. The minimum absolute atomic E-state index is 0.0532. The molecule has 0 radical (unpaired) electrons. The molecule has 3 aromatic carbocycles. The van der Waals surface area contributed by atoms with E-state index >= 15 is 0 Å². The summed E-state index contributed by atoms with van der Waals surface area (Å²) in [4.78, 5) is 0.804. The molecule has 1 aliphatic rings. The zero-order valence-corrected chi connectivity index (χ0v) is 19.2. The van der Waals surface area contributed by atoms with Crippen molar-refractivity contribution in [1.82, 2.24) is 0 Å². The molecule has 10 nitrogen and oxygen atoms in total. The van der Waals surface area contributed by atoms with Gasteiger partial charge in [-0.3, -0.25) is 9.11 Å². The molecule has 33 heavy (non-hydrogen) atoms. The van der Waals surface area contributed by atoms with Crippen molar-refractivity contribution in [3.05, 3.63) is 59.7 Å². The van der Waals surface area contributed by atoms with Crippen molar-refractivity contribution in [3.8, 4) is 0 Å². The van der Waals surface area contributed by atoms with Gasteiger partial charge in [0.25, 0.3) is 20.2 Å². The van der Waals surface area contributed by atoms with E-state index in [9.17, 15) is 21.4 Å². The van der Waals surface area contributed by atoms with E-state index in [1.807, 2.05) is 6.92 Å². The van der Waals surface area contributed by atoms with Crippen molar-refractivity contribution in [1.29, 1.82) is 0 Å². The molecule has 0 atom stereocenters. The summed E-state index contributed by atoms with van der Waals surface area (Å²) in [7, 11) is -9.03. The molecule has 0 aromatic heterocycles. The first-order valence-corrected chi connectivity index (χ1v) is 12.6. The Labute approximate surface area is 190 Å². The van der Waals surface area contributed by atoms with Gasteiger partial charge in [0, 0.05) is 11.4 Å². The van der Waals surface area contributed by atoms with Gasteiger partial charge in [-0.2, -0.15) is 21.9 Å². The number of rotatable bonds is 6. The molecule has 0 bridgehead atoms. The fourth-order valence-electron chi connectivity index (χ4n) is 3.56. The zero-order valence-electron chi connectivity index (χ0n) is 17.6. The lowest BCUT2D eigenvalue weighted by atomic mass is 10.1. The van der Waals surface area contributed by atoms with Gasteiger partial charge >= 0.3 is 0 Å². The Balaban J connectivity index is 1.74. The van der Waals surface area contributed by atoms with Gasteiger partial charge in [0.2, 0.25) is 0 Å². The second kappa shape index (κ2) is 7.92. The zero-order chi connectivity index (χ0) is 24.1. The van der Waals surface area contributed by atoms with Crippen molar-refractivity contribution in [2.24, 2.45) is 10.2 Å². The third-order valence-electron chi connectivity index (χ3n) is 5.26. The molecule has 0 spiro atoms. The van der Waals surface area contributed by atoms with E-state index in [0.717, 1.165) is 11.1 Å². The highest BCUT2D eigenvalue weighted by atomic mass is 32.2. The number of azo groups is 1. The summed E-state index contributed by atoms with van der Waals surface area (Å²) in [5, 5.41) is 8.26. The number of nitrogen functional groups attached to an aromatic ring is 1. The van der Waals surface area contributed by atoms with Crippen LogP contribution in [-0.4, -0.2) is 25.9 Å². The van der Waals surface area contributed by atoms with Gasteiger partial charge in [0.05, 0.1) is 22.0 Å². The molecule has 0 saturated carbocycles. The highest BCUT2D eigenvalue weighted by Gasteiger charge is 2.40. The number of fused-ring (bicyclic) bond motifs is 1. The Morgan fingerprint density at radius 2 is 1.55 bits per heavy atom. The number of benzene rings is 3. The van der Waals surface area contributed by atoms with Crippen LogP contribution in [0, 0.1) is 6.92 Å². The lowest BCUT2D eigenvalue weighted by Gasteiger charge is -2.07. The molecule has 1 heterocycles. The molecule has 0 aliphatic carbocycles. The average Bonchev–Trinajstić information content (AvgIpc) is 3.45. The molecular weight excluding hydrogens is 468 g/mol. The summed E-state index contributed by atoms with van der Waals surface area (Å²) in [6.07, 6.45) is 0.690. The van der Waals surface area contributed by atoms with Crippen molar-refractivity contribution < 1.29 is 25.9 Å². The molecule has 1 aliphatic heterocycles. The van der Waals surface area contributed by atoms with Gasteiger partial charge in [-0.1, -0.05) is 6.92 Å². The maximum absolute atomic E-state index is 12.2. The van der Waals surface area contributed by atoms with Gasteiger partial charge < -0.3 is 10.6 Å². The van der Waals surface area contributed by atoms with Crippen LogP contribution in [0.25, 0.3) is 0 Å². The lowest BCUT2D eigenvalue weighted by molar-refractivity contribution is 0.481. The minimum atomic E-state index is -4.67. The van der Waals surface area contributed by atoms with E-state index in [-0.39, 0.29) is 16.3 Å². The van der Waals surface area contributed by atoms with Crippen LogP contribution in [0.5, 0.6) is 0 Å². The topological polar surface area (TPSA) is 162 Å². The molecule has 4 rings (SSSR count). The number of hydrogen-bond acceptors (Lipinski definition) is 8. The van der Waals surface area contributed by atoms with Gasteiger partial charge in [0.15, 0.2) is 0 Å². The van der Waals surface area contributed by atoms with E-state index in [4.69, 9.17) is 10.3 Å². The smallest absolute Gasteiger partial charge is 0.298 e. The van der Waals surface area contributed by atoms with Crippen LogP contribution in [0.3, 0.4) is 0 Å². The molecule has 3 aromatic rings. The van der Waals surface area contributed by atoms with Crippen LogP contribution in [0.4, 0.5) is 34.1 Å². The molecule has 172 valence electrons. The van der Waals surface area contributed by atoms with E-state index in [0.29, 0.717) is 29.2 Å². The summed E-state index contributed by atoms with van der Waals surface area (Å²) >= 11 is 0. The summed E-state index contributed by atoms with van der Waals surface area (Å²) in [6.45, 7) is 3.75. The maximum Gasteiger partial charge on any atom is 0.298 e. The molecule has 0 fully saturated rings. The van der Waals surface area contributed by atoms with E-state index in [1.54, 1.807) is 25.1 Å². The number of anilines is 4. The molecule has 12 heteroatoms. The largest absolute Gasteiger partial charge is 0.398 e. The fourth-order valence-corrected chi connectivity index (χ4v) is 4.85. The standard InChI is InChI=1S/C21H20N4O6S2/c1-3-13-11-18(12(2)10-16(13)22)24-23-17-8-9-19-20(21(17)33(29,30)31)25(19)14-4-6-15(7-5-14)32(26,27)28/h4-11H,3,22H2,1-2H3,(H,26,27,28)(H,29,30,31)/b24-23+. The van der Waals surface area contributed by atoms with Crippen LogP contribution in [0.1, 0.15) is 18.1 Å². The summed E-state index contributed by atoms with van der Waals surface area (Å²) in [6, 6.07) is 11.8. The number of nitrogens with two attached hydrogens (primary N) is 1. The minimum Gasteiger partial charge on any atom is -0.398 e. The van der Waals surface area contributed by atoms with Crippen LogP contribution < -0.4 is 10.6 Å². The number of nitrogens with zero attached hydrogens (tertiary/aromatic N) is 3. The Hall–Kier alpha value is -3.32. The van der Waals surface area contributed by atoms with Crippen LogP contribution in [0.2, 0.25) is 0 Å². The summed E-state index contributed by atoms with van der Waals surface area (Å²) < 4.78 is 65.9. The van der Waals surface area contributed by atoms with Gasteiger partial charge in [-0.05, 0) is 73.0 Å². The fraction of sp³-hybridized carbons (Fsp3) is 0.143. The summed E-state index contributed by atoms with van der Waals surface area (Å²) in [5.41, 5.74) is 9.86. The van der Waals surface area contributed by atoms with E-state index < -0.39 is 25.1 Å². The second-order valence-electron chi connectivity index (χ2n) is 7.45. The third kappa shape index (κ3) is 4.33. The maximum atomic E-state index is 12.2. The highest BCUT2D eigenvalue weighted by Crippen LogP contribution is 2.59. The van der Waals surface area contributed by atoms with Gasteiger partial charge in [0.1, 0.15) is 10.6 Å². The van der Waals surface area contributed by atoms with Crippen molar-refractivity contribution in [2.75, 3.05) is 10.6 Å². The Kier molecular flexibility index (Phi) is 5.48. The first-order valence-electron chi connectivity index (χ1n) is 9.74. The van der Waals surface area contributed by atoms with Crippen LogP contribution in [-0.2, 0) is 26.7 Å². The van der Waals surface area contributed by atoms with E-state index in [1.165, 1.54) is 35.2 Å². The molecular formula is C21H20N4O6S2. The summed E-state index contributed by atoms with van der Waals surface area (Å²) in [5.74, 6) is 0. The average molecular weight is 489 g/mol. The molecule has 0 saturated heterocycles. The first-order chi connectivity index (χ1) is 15.4.